The zero-order valence-electron chi connectivity index (χ0n) is 10.9. The van der Waals surface area contributed by atoms with E-state index in [2.05, 4.69) is 15.1 Å². The molecule has 0 saturated heterocycles. The van der Waals surface area contributed by atoms with E-state index in [0.717, 1.165) is 27.7 Å². The number of nitrogens with zero attached hydrogens (tertiary/aromatic N) is 4. The van der Waals surface area contributed by atoms with Crippen LogP contribution in [-0.2, 0) is 0 Å². The van der Waals surface area contributed by atoms with Gasteiger partial charge in [-0.2, -0.15) is 5.10 Å². The SMILES string of the molecule is CSc1cc(-n2cc(-c3ccc(N)cc3)cn2)ncn1. The molecule has 6 heteroatoms. The van der Waals surface area contributed by atoms with Gasteiger partial charge in [0.25, 0.3) is 0 Å². The summed E-state index contributed by atoms with van der Waals surface area (Å²) in [4.78, 5) is 8.39. The van der Waals surface area contributed by atoms with E-state index in [0.29, 0.717) is 0 Å². The summed E-state index contributed by atoms with van der Waals surface area (Å²) in [6.07, 6.45) is 7.28. The molecular weight excluding hydrogens is 270 g/mol. The van der Waals surface area contributed by atoms with Gasteiger partial charge >= 0.3 is 0 Å². The summed E-state index contributed by atoms with van der Waals surface area (Å²) >= 11 is 1.58. The molecule has 2 heterocycles. The largest absolute Gasteiger partial charge is 0.399 e. The molecule has 0 fully saturated rings. The monoisotopic (exact) mass is 283 g/mol. The number of thioether (sulfide) groups is 1. The van der Waals surface area contributed by atoms with Crippen molar-refractivity contribution in [3.63, 3.8) is 0 Å². The minimum absolute atomic E-state index is 0.751. The molecule has 5 nitrogen and oxygen atoms in total. The smallest absolute Gasteiger partial charge is 0.157 e. The fourth-order valence-electron chi connectivity index (χ4n) is 1.84. The number of nitrogen functional groups attached to an aromatic ring is 1. The highest BCUT2D eigenvalue weighted by molar-refractivity contribution is 7.98. The van der Waals surface area contributed by atoms with Crippen LogP contribution in [0.1, 0.15) is 0 Å². The number of rotatable bonds is 3. The van der Waals surface area contributed by atoms with Crippen molar-refractivity contribution in [2.45, 2.75) is 5.03 Å². The average molecular weight is 283 g/mol. The summed E-state index contributed by atoms with van der Waals surface area (Å²) in [7, 11) is 0. The predicted octanol–water partition coefficient (Wildman–Crippen LogP) is 2.63. The molecule has 20 heavy (non-hydrogen) atoms. The minimum atomic E-state index is 0.751. The first-order valence-corrected chi connectivity index (χ1v) is 7.26. The Bertz CT molecular complexity index is 720. The van der Waals surface area contributed by atoms with E-state index >= 15 is 0 Å². The summed E-state index contributed by atoms with van der Waals surface area (Å²) in [6, 6.07) is 9.62. The summed E-state index contributed by atoms with van der Waals surface area (Å²) in [5, 5.41) is 5.26. The van der Waals surface area contributed by atoms with E-state index in [1.54, 1.807) is 22.8 Å². The van der Waals surface area contributed by atoms with E-state index in [-0.39, 0.29) is 0 Å². The van der Waals surface area contributed by atoms with Crippen molar-refractivity contribution in [3.8, 4) is 16.9 Å². The molecule has 0 saturated carbocycles. The number of anilines is 1. The maximum absolute atomic E-state index is 5.69. The lowest BCUT2D eigenvalue weighted by Crippen LogP contribution is -1.98. The predicted molar refractivity (Wildman–Crippen MR) is 80.8 cm³/mol. The Morgan fingerprint density at radius 3 is 2.65 bits per heavy atom. The topological polar surface area (TPSA) is 69.6 Å². The Balaban J connectivity index is 1.95. The van der Waals surface area contributed by atoms with Gasteiger partial charge in [-0.1, -0.05) is 12.1 Å². The Kier molecular flexibility index (Phi) is 3.39. The zero-order chi connectivity index (χ0) is 13.9. The highest BCUT2D eigenvalue weighted by atomic mass is 32.2. The number of nitrogens with two attached hydrogens (primary N) is 1. The van der Waals surface area contributed by atoms with Crippen LogP contribution >= 0.6 is 11.8 Å². The Morgan fingerprint density at radius 1 is 1.10 bits per heavy atom. The van der Waals surface area contributed by atoms with E-state index in [4.69, 9.17) is 5.73 Å². The molecule has 0 bridgehead atoms. The lowest BCUT2D eigenvalue weighted by molar-refractivity contribution is 0.827. The Morgan fingerprint density at radius 2 is 1.90 bits per heavy atom. The molecule has 2 N–H and O–H groups in total. The molecule has 0 aliphatic heterocycles. The van der Waals surface area contributed by atoms with Crippen LogP contribution in [0.5, 0.6) is 0 Å². The van der Waals surface area contributed by atoms with E-state index in [9.17, 15) is 0 Å². The Labute approximate surface area is 120 Å². The van der Waals surface area contributed by atoms with E-state index in [1.165, 1.54) is 0 Å². The summed E-state index contributed by atoms with van der Waals surface area (Å²) in [5.74, 6) is 0.756. The molecule has 0 aliphatic carbocycles. The van der Waals surface area contributed by atoms with Gasteiger partial charge in [0.15, 0.2) is 5.82 Å². The second-order valence-electron chi connectivity index (χ2n) is 4.21. The van der Waals surface area contributed by atoms with Crippen LogP contribution in [0.2, 0.25) is 0 Å². The van der Waals surface area contributed by atoms with Gasteiger partial charge in [0.1, 0.15) is 11.4 Å². The first-order valence-electron chi connectivity index (χ1n) is 6.03. The summed E-state index contributed by atoms with van der Waals surface area (Å²) in [6.45, 7) is 0. The third kappa shape index (κ3) is 2.50. The van der Waals surface area contributed by atoms with Crippen LogP contribution in [0, 0.1) is 0 Å². The first kappa shape index (κ1) is 12.7. The molecule has 100 valence electrons. The van der Waals surface area contributed by atoms with Crippen molar-refractivity contribution in [1.29, 1.82) is 0 Å². The van der Waals surface area contributed by atoms with Gasteiger partial charge in [0.05, 0.1) is 6.20 Å². The lowest BCUT2D eigenvalue weighted by Gasteiger charge is -2.01. The van der Waals surface area contributed by atoms with Gasteiger partial charge in [-0.3, -0.25) is 0 Å². The van der Waals surface area contributed by atoms with Gasteiger partial charge in [-0.15, -0.1) is 11.8 Å². The third-order valence-corrected chi connectivity index (χ3v) is 3.54. The normalized spacial score (nSPS) is 10.7. The van der Waals surface area contributed by atoms with Gasteiger partial charge in [-0.25, -0.2) is 14.6 Å². The molecule has 3 aromatic rings. The molecule has 0 radical (unpaired) electrons. The number of hydrogen-bond acceptors (Lipinski definition) is 5. The zero-order valence-corrected chi connectivity index (χ0v) is 11.7. The summed E-state index contributed by atoms with van der Waals surface area (Å²) < 4.78 is 1.74. The van der Waals surface area contributed by atoms with Crippen molar-refractivity contribution in [3.05, 3.63) is 49.1 Å². The van der Waals surface area contributed by atoms with Crippen molar-refractivity contribution < 1.29 is 0 Å². The molecule has 0 spiro atoms. The fourth-order valence-corrected chi connectivity index (χ4v) is 2.22. The average Bonchev–Trinajstić information content (AvgIpc) is 2.98. The van der Waals surface area contributed by atoms with Gasteiger partial charge in [0.2, 0.25) is 0 Å². The molecule has 3 rings (SSSR count). The number of aromatic nitrogens is 4. The summed E-state index contributed by atoms with van der Waals surface area (Å²) in [5.41, 5.74) is 8.54. The molecule has 2 aromatic heterocycles. The highest BCUT2D eigenvalue weighted by Crippen LogP contribution is 2.21. The lowest BCUT2D eigenvalue weighted by atomic mass is 10.1. The number of hydrogen-bond donors (Lipinski definition) is 1. The second kappa shape index (κ2) is 5.34. The quantitative estimate of drug-likeness (QED) is 0.454. The first-order chi connectivity index (χ1) is 9.76. The molecule has 0 atom stereocenters. The third-order valence-electron chi connectivity index (χ3n) is 2.90. The molecular formula is C14H13N5S. The van der Waals surface area contributed by atoms with Crippen LogP contribution in [0.25, 0.3) is 16.9 Å². The van der Waals surface area contributed by atoms with Crippen molar-refractivity contribution in [2.75, 3.05) is 12.0 Å². The van der Waals surface area contributed by atoms with Gasteiger partial charge in [-0.05, 0) is 24.0 Å². The maximum Gasteiger partial charge on any atom is 0.157 e. The maximum atomic E-state index is 5.69. The minimum Gasteiger partial charge on any atom is -0.399 e. The van der Waals surface area contributed by atoms with Crippen molar-refractivity contribution in [1.82, 2.24) is 19.7 Å². The van der Waals surface area contributed by atoms with Crippen LogP contribution < -0.4 is 5.73 Å². The highest BCUT2D eigenvalue weighted by Gasteiger charge is 2.05. The van der Waals surface area contributed by atoms with Gasteiger partial charge in [0, 0.05) is 23.5 Å². The molecule has 1 aromatic carbocycles. The second-order valence-corrected chi connectivity index (χ2v) is 5.04. The van der Waals surface area contributed by atoms with Crippen LogP contribution in [0.3, 0.4) is 0 Å². The fraction of sp³-hybridized carbons (Fsp3) is 0.0714. The van der Waals surface area contributed by atoms with Gasteiger partial charge < -0.3 is 5.73 Å². The van der Waals surface area contributed by atoms with Crippen LogP contribution in [0.15, 0.2) is 54.1 Å². The molecule has 0 unspecified atom stereocenters. The number of benzene rings is 1. The van der Waals surface area contributed by atoms with E-state index in [1.807, 2.05) is 49.0 Å². The Hall–Kier alpha value is -2.34. The molecule has 0 aliphatic rings. The van der Waals surface area contributed by atoms with Crippen LogP contribution in [-0.4, -0.2) is 26.0 Å². The van der Waals surface area contributed by atoms with Crippen molar-refractivity contribution in [2.24, 2.45) is 0 Å². The molecule has 0 amide bonds. The van der Waals surface area contributed by atoms with E-state index < -0.39 is 0 Å². The van der Waals surface area contributed by atoms with Crippen LogP contribution in [0.4, 0.5) is 5.69 Å². The standard InChI is InChI=1S/C14H13N5S/c1-20-14-6-13(16-9-17-14)19-8-11(7-18-19)10-2-4-12(15)5-3-10/h2-9H,15H2,1H3. The van der Waals surface area contributed by atoms with Crippen molar-refractivity contribution >= 4 is 17.4 Å².